The van der Waals surface area contributed by atoms with Crippen LogP contribution in [0.4, 0.5) is 0 Å². The van der Waals surface area contributed by atoms with Gasteiger partial charge < -0.3 is 14.3 Å². The van der Waals surface area contributed by atoms with Crippen LogP contribution in [0.3, 0.4) is 0 Å². The average molecular weight is 533 g/mol. The van der Waals surface area contributed by atoms with E-state index >= 15 is 0 Å². The molecule has 0 fully saturated rings. The summed E-state index contributed by atoms with van der Waals surface area (Å²) in [5.74, 6) is 0. The molecule has 216 valence electrons. The number of quaternary nitrogens is 1. The fourth-order valence-corrected chi connectivity index (χ4v) is 5.75. The van der Waals surface area contributed by atoms with Gasteiger partial charge in [0.05, 0.1) is 19.6 Å². The predicted molar refractivity (Wildman–Crippen MR) is 156 cm³/mol. The Morgan fingerprint density at radius 3 is 1.42 bits per heavy atom. The van der Waals surface area contributed by atoms with Crippen molar-refractivity contribution in [1.29, 1.82) is 0 Å². The number of rotatable bonds is 27. The summed E-state index contributed by atoms with van der Waals surface area (Å²) in [4.78, 5) is 18.7. The van der Waals surface area contributed by atoms with Gasteiger partial charge in [0, 0.05) is 0 Å². The maximum absolute atomic E-state index is 11.5. The van der Waals surface area contributed by atoms with Gasteiger partial charge in [-0.25, -0.2) is 4.57 Å². The molecule has 36 heavy (non-hydrogen) atoms. The first-order chi connectivity index (χ1) is 17.3. The van der Waals surface area contributed by atoms with Crippen LogP contribution in [0.15, 0.2) is 12.2 Å². The normalized spacial score (nSPS) is 13.6. The lowest BCUT2D eigenvalue weighted by Gasteiger charge is -2.38. The van der Waals surface area contributed by atoms with Crippen molar-refractivity contribution in [3.8, 4) is 0 Å². The molecule has 0 saturated carbocycles. The molecule has 2 N–H and O–H groups in total. The van der Waals surface area contributed by atoms with Crippen LogP contribution in [-0.2, 0) is 9.09 Å². The minimum atomic E-state index is -4.45. The van der Waals surface area contributed by atoms with Gasteiger partial charge in [0.25, 0.3) is 0 Å². The lowest BCUT2D eigenvalue weighted by Crippen LogP contribution is -2.52. The van der Waals surface area contributed by atoms with Crippen LogP contribution < -0.4 is 0 Å². The molecule has 1 atom stereocenters. The maximum Gasteiger partial charge on any atom is 0.470 e. The second-order valence-electron chi connectivity index (χ2n) is 10.8. The first-order valence-corrected chi connectivity index (χ1v) is 17.1. The summed E-state index contributed by atoms with van der Waals surface area (Å²) >= 11 is 0. The molecule has 5 nitrogen and oxygen atoms in total. The highest BCUT2D eigenvalue weighted by Crippen LogP contribution is 2.39. The van der Waals surface area contributed by atoms with Crippen LogP contribution in [0.25, 0.3) is 0 Å². The van der Waals surface area contributed by atoms with E-state index in [0.29, 0.717) is 6.54 Å². The minimum absolute atomic E-state index is 0.365. The van der Waals surface area contributed by atoms with Gasteiger partial charge in [-0.3, -0.25) is 4.52 Å². The lowest BCUT2D eigenvalue weighted by molar-refractivity contribution is -0.925. The summed E-state index contributed by atoms with van der Waals surface area (Å²) in [6.45, 7) is 12.3. The summed E-state index contributed by atoms with van der Waals surface area (Å²) in [6.07, 6.45) is 28.6. The fourth-order valence-electron chi connectivity index (χ4n) is 5.19. The van der Waals surface area contributed by atoms with Crippen LogP contribution in [0.1, 0.15) is 150 Å². The number of hydrogen-bond donors (Lipinski definition) is 2. The molecule has 0 aliphatic rings. The highest BCUT2D eigenvalue weighted by Gasteiger charge is 2.31. The number of phosphoric ester groups is 1. The van der Waals surface area contributed by atoms with Crippen LogP contribution in [0.2, 0.25) is 0 Å². The molecular weight excluding hydrogens is 469 g/mol. The third-order valence-corrected chi connectivity index (χ3v) is 8.50. The van der Waals surface area contributed by atoms with Gasteiger partial charge in [-0.1, -0.05) is 109 Å². The molecule has 0 bridgehead atoms. The minimum Gasteiger partial charge on any atom is -0.322 e. The van der Waals surface area contributed by atoms with Crippen LogP contribution in [-0.4, -0.2) is 46.6 Å². The molecule has 0 radical (unpaired) electrons. The van der Waals surface area contributed by atoms with E-state index in [1.807, 2.05) is 0 Å². The van der Waals surface area contributed by atoms with Gasteiger partial charge in [-0.15, -0.1) is 0 Å². The number of allylic oxidation sites excluding steroid dienone is 2. The monoisotopic (exact) mass is 532 g/mol. The zero-order valence-electron chi connectivity index (χ0n) is 24.6. The predicted octanol–water partition coefficient (Wildman–Crippen LogP) is 9.33. The summed E-state index contributed by atoms with van der Waals surface area (Å²) in [5, 5.41) is 0. The molecule has 0 aromatic heterocycles. The molecule has 0 aromatic rings. The highest BCUT2D eigenvalue weighted by atomic mass is 31.2. The van der Waals surface area contributed by atoms with Gasteiger partial charge >= 0.3 is 7.82 Å². The smallest absolute Gasteiger partial charge is 0.322 e. The number of hydrogen-bond acceptors (Lipinski definition) is 2. The van der Waals surface area contributed by atoms with Crippen molar-refractivity contribution in [2.45, 2.75) is 156 Å². The van der Waals surface area contributed by atoms with Crippen molar-refractivity contribution >= 4 is 7.82 Å². The third-order valence-electron chi connectivity index (χ3n) is 7.93. The van der Waals surface area contributed by atoms with Gasteiger partial charge in [0.15, 0.2) is 0 Å². The van der Waals surface area contributed by atoms with E-state index in [1.54, 1.807) is 0 Å². The van der Waals surface area contributed by atoms with E-state index in [1.165, 1.54) is 103 Å². The number of unbranched alkanes of at least 4 members (excludes halogenated alkanes) is 16. The standard InChI is InChI=1S/C30H62NO4P/c1-5-9-10-11-12-13-14-15-16-17-18-19-20-21-22-23-24-25-26-27-28-30(35-36(32,33)34)29-31(6-2,7-3)8-4/h15-16,30H,5-14,17-29H2,1-4H3,(H-,32,33,34)/p+1/b16-15-. The summed E-state index contributed by atoms with van der Waals surface area (Å²) in [6, 6.07) is 0. The largest absolute Gasteiger partial charge is 0.470 e. The van der Waals surface area contributed by atoms with Crippen LogP contribution in [0.5, 0.6) is 0 Å². The maximum atomic E-state index is 11.5. The summed E-state index contributed by atoms with van der Waals surface area (Å²) in [7, 11) is -4.45. The van der Waals surface area contributed by atoms with Gasteiger partial charge in [-0.2, -0.15) is 0 Å². The average Bonchev–Trinajstić information content (AvgIpc) is 2.85. The molecule has 0 aromatic carbocycles. The van der Waals surface area contributed by atoms with E-state index < -0.39 is 7.82 Å². The molecule has 0 heterocycles. The Morgan fingerprint density at radius 1 is 0.639 bits per heavy atom. The molecule has 0 aliphatic heterocycles. The first kappa shape index (κ1) is 35.8. The number of phosphoric acid groups is 1. The van der Waals surface area contributed by atoms with E-state index in [9.17, 15) is 14.4 Å². The van der Waals surface area contributed by atoms with Gasteiger partial charge in [0.1, 0.15) is 12.6 Å². The fraction of sp³-hybridized carbons (Fsp3) is 0.933. The van der Waals surface area contributed by atoms with Crippen molar-refractivity contribution in [2.75, 3.05) is 26.2 Å². The Balaban J connectivity index is 3.71. The quantitative estimate of drug-likeness (QED) is 0.0479. The molecule has 0 saturated heterocycles. The van der Waals surface area contributed by atoms with Crippen LogP contribution in [0, 0.1) is 0 Å². The van der Waals surface area contributed by atoms with E-state index in [4.69, 9.17) is 4.52 Å². The van der Waals surface area contributed by atoms with Crippen molar-refractivity contribution in [1.82, 2.24) is 0 Å². The van der Waals surface area contributed by atoms with Crippen LogP contribution >= 0.6 is 7.82 Å². The summed E-state index contributed by atoms with van der Waals surface area (Å²) in [5.41, 5.74) is 0. The van der Waals surface area contributed by atoms with E-state index in [-0.39, 0.29) is 6.10 Å². The van der Waals surface area contributed by atoms with Crippen molar-refractivity contribution in [2.24, 2.45) is 0 Å². The Hall–Kier alpha value is -0.190. The molecule has 0 aliphatic carbocycles. The molecule has 6 heteroatoms. The topological polar surface area (TPSA) is 66.8 Å². The van der Waals surface area contributed by atoms with Crippen molar-refractivity contribution in [3.05, 3.63) is 12.2 Å². The summed E-state index contributed by atoms with van der Waals surface area (Å²) < 4.78 is 17.5. The second-order valence-corrected chi connectivity index (χ2v) is 12.0. The highest BCUT2D eigenvalue weighted by molar-refractivity contribution is 7.46. The Kier molecular flexibility index (Phi) is 23.8. The van der Waals surface area contributed by atoms with Gasteiger partial charge in [0.2, 0.25) is 0 Å². The number of nitrogens with zero attached hydrogens (tertiary/aromatic N) is 1. The molecule has 0 amide bonds. The van der Waals surface area contributed by atoms with Crippen molar-refractivity contribution in [3.63, 3.8) is 0 Å². The molecule has 0 spiro atoms. The van der Waals surface area contributed by atoms with E-state index in [2.05, 4.69) is 39.8 Å². The Morgan fingerprint density at radius 2 is 1.03 bits per heavy atom. The van der Waals surface area contributed by atoms with Gasteiger partial charge in [-0.05, 0) is 52.9 Å². The first-order valence-electron chi connectivity index (χ1n) is 15.6. The molecule has 0 rings (SSSR count). The molecular formula is C30H63NO4P+. The lowest BCUT2D eigenvalue weighted by atomic mass is 10.0. The zero-order chi connectivity index (χ0) is 27.0. The van der Waals surface area contributed by atoms with E-state index in [0.717, 1.165) is 43.4 Å². The Bertz CT molecular complexity index is 537. The Labute approximate surface area is 225 Å². The molecule has 1 unspecified atom stereocenters. The SMILES string of the molecule is CCCCCCCC/C=C\CCCCCCCCCCCCC(C[N+](CC)(CC)CC)OP(=O)(O)O. The second kappa shape index (κ2) is 23.9. The number of likely N-dealkylation sites (N-methyl/N-ethyl adjacent to an activating group) is 1. The zero-order valence-corrected chi connectivity index (χ0v) is 25.5. The third kappa shape index (κ3) is 21.9. The van der Waals surface area contributed by atoms with Crippen molar-refractivity contribution < 1.29 is 23.4 Å².